The van der Waals surface area contributed by atoms with Crippen molar-refractivity contribution in [3.8, 4) is 55.9 Å². The molecule has 0 radical (unpaired) electrons. The third-order valence-corrected chi connectivity index (χ3v) is 21.8. The molecule has 2 heterocycles. The number of para-hydroxylation sites is 4. The van der Waals surface area contributed by atoms with E-state index in [1.54, 1.807) is 0 Å². The Morgan fingerprint density at radius 3 is 0.972 bits per heavy atom. The summed E-state index contributed by atoms with van der Waals surface area (Å²) < 4.78 is 4.84. The van der Waals surface area contributed by atoms with Gasteiger partial charge in [-0.25, -0.2) is 0 Å². The summed E-state index contributed by atoms with van der Waals surface area (Å²) >= 11 is 0. The van der Waals surface area contributed by atoms with E-state index in [9.17, 15) is 0 Å². The monoisotopic (exact) mass is 1370 g/mol. The van der Waals surface area contributed by atoms with E-state index in [-0.39, 0.29) is 21.7 Å². The summed E-state index contributed by atoms with van der Waals surface area (Å²) in [5.41, 5.74) is 27.3. The lowest BCUT2D eigenvalue weighted by Gasteiger charge is -2.32. The van der Waals surface area contributed by atoms with Gasteiger partial charge in [-0.15, -0.1) is 0 Å². The van der Waals surface area contributed by atoms with Crippen LogP contribution in [0.25, 0.3) is 121 Å². The molecule has 0 spiro atoms. The van der Waals surface area contributed by atoms with E-state index in [2.05, 4.69) is 430 Å². The highest BCUT2D eigenvalue weighted by molar-refractivity contribution is 6.24. The Morgan fingerprint density at radius 1 is 0.198 bits per heavy atom. The molecule has 0 fully saturated rings. The average Bonchev–Trinajstić information content (AvgIpc) is 0.768. The number of anilines is 6. The molecular weight excluding hydrogens is 1280 g/mol. The highest BCUT2D eigenvalue weighted by atomic mass is 15.2. The first-order valence-corrected chi connectivity index (χ1v) is 37.5. The molecule has 518 valence electrons. The van der Waals surface area contributed by atoms with Gasteiger partial charge in [0, 0.05) is 67.0 Å². The van der Waals surface area contributed by atoms with Crippen LogP contribution in [0.3, 0.4) is 0 Å². The van der Waals surface area contributed by atoms with Crippen LogP contribution in [-0.4, -0.2) is 9.13 Å². The third-order valence-electron chi connectivity index (χ3n) is 21.8. The number of benzene rings is 15. The molecule has 0 aliphatic heterocycles. The van der Waals surface area contributed by atoms with Gasteiger partial charge in [-0.1, -0.05) is 283 Å². The van der Waals surface area contributed by atoms with E-state index >= 15 is 0 Å². The standard InChI is InChI=1S/C102H90N4/c1-99(2,3)71-57-72(100(4,5)6)60-81(59-71)103(79-50-54-95-89(63-79)84-43-27-29-46-93(84)105(95)75-38-21-15-22-39-75)77-49-53-88-91(65-77)97(70-37-31-36-69(56-70)67-32-17-13-18-33-67)87-52-48-78(66-92(87)98(88)86-45-26-25-42-83(86)68-34-19-14-20-35-68)104(82-61-73(101(7,8)9)58-74(62-82)102(10,11)12)80-51-55-96-90(64-80)85-44-28-30-47-94(85)106(96)76-40-23-16-24-41-76/h13-66H,1-12H3. The molecule has 0 aliphatic rings. The first-order valence-electron chi connectivity index (χ1n) is 37.5. The van der Waals surface area contributed by atoms with Gasteiger partial charge in [0.25, 0.3) is 0 Å². The Kier molecular flexibility index (Phi) is 16.5. The molecule has 17 rings (SSSR count). The topological polar surface area (TPSA) is 16.3 Å². The van der Waals surface area contributed by atoms with E-state index in [1.807, 2.05) is 0 Å². The largest absolute Gasteiger partial charge is 0.310 e. The number of hydrogen-bond acceptors (Lipinski definition) is 2. The Bertz CT molecular complexity index is 6160. The van der Waals surface area contributed by atoms with Crippen LogP contribution in [0.5, 0.6) is 0 Å². The van der Waals surface area contributed by atoms with Crippen LogP contribution in [0.4, 0.5) is 34.1 Å². The lowest BCUT2D eigenvalue weighted by Crippen LogP contribution is -2.19. The molecule has 4 heteroatoms. The molecule has 0 amide bonds. The van der Waals surface area contributed by atoms with Gasteiger partial charge in [0.2, 0.25) is 0 Å². The fourth-order valence-corrected chi connectivity index (χ4v) is 16.2. The molecule has 15 aromatic carbocycles. The molecule has 4 nitrogen and oxygen atoms in total. The SMILES string of the molecule is CC(C)(C)c1cc(N(c2ccc3c(-c4ccccc4-c4ccccc4)c4cc(N(c5cc(C(C)(C)C)cc(C(C)(C)C)c5)c5ccc6c(c5)c5ccccc5n6-c5ccccc5)ccc4c(-c4cccc(-c5ccccc5)c4)c3c2)c2ccc3c(c2)c2ccccc2n3-c2ccccc2)cc(C(C)(C)C)c1. The second-order valence-corrected chi connectivity index (χ2v) is 33.1. The quantitative estimate of drug-likeness (QED) is 0.113. The van der Waals surface area contributed by atoms with Gasteiger partial charge >= 0.3 is 0 Å². The van der Waals surface area contributed by atoms with E-state index in [1.165, 1.54) is 77.1 Å². The minimum Gasteiger partial charge on any atom is -0.310 e. The van der Waals surface area contributed by atoms with Gasteiger partial charge in [0.15, 0.2) is 0 Å². The zero-order valence-corrected chi connectivity index (χ0v) is 63.0. The summed E-state index contributed by atoms with van der Waals surface area (Å²) in [6.45, 7) is 28.2. The molecule has 0 unspecified atom stereocenters. The predicted octanol–water partition coefficient (Wildman–Crippen LogP) is 29.0. The van der Waals surface area contributed by atoms with Crippen molar-refractivity contribution in [2.24, 2.45) is 0 Å². The minimum absolute atomic E-state index is 0.150. The van der Waals surface area contributed by atoms with Crippen LogP contribution >= 0.6 is 0 Å². The molecule has 106 heavy (non-hydrogen) atoms. The molecular formula is C102H90N4. The van der Waals surface area contributed by atoms with Crippen molar-refractivity contribution in [1.82, 2.24) is 9.13 Å². The van der Waals surface area contributed by atoms with Gasteiger partial charge in [-0.05, 0) is 237 Å². The summed E-state index contributed by atoms with van der Waals surface area (Å²) in [6, 6.07) is 123. The maximum absolute atomic E-state index is 2.55. The van der Waals surface area contributed by atoms with Crippen LogP contribution < -0.4 is 9.80 Å². The van der Waals surface area contributed by atoms with Crippen molar-refractivity contribution in [1.29, 1.82) is 0 Å². The Morgan fingerprint density at radius 2 is 0.528 bits per heavy atom. The molecule has 0 bridgehead atoms. The summed E-state index contributed by atoms with van der Waals surface area (Å²) in [6.07, 6.45) is 0. The minimum atomic E-state index is -0.150. The molecule has 0 aliphatic carbocycles. The van der Waals surface area contributed by atoms with E-state index < -0.39 is 0 Å². The second-order valence-electron chi connectivity index (χ2n) is 33.1. The molecule has 0 saturated carbocycles. The number of aromatic nitrogens is 2. The first kappa shape index (κ1) is 67.2. The van der Waals surface area contributed by atoms with Crippen molar-refractivity contribution in [2.75, 3.05) is 9.80 Å². The van der Waals surface area contributed by atoms with Gasteiger partial charge in [0.05, 0.1) is 22.1 Å². The zero-order valence-electron chi connectivity index (χ0n) is 63.0. The number of rotatable bonds is 12. The van der Waals surface area contributed by atoms with Crippen LogP contribution in [-0.2, 0) is 21.7 Å². The lowest BCUT2D eigenvalue weighted by molar-refractivity contribution is 0.568. The van der Waals surface area contributed by atoms with Crippen molar-refractivity contribution >= 4 is 99.3 Å². The predicted molar refractivity (Wildman–Crippen MR) is 456 cm³/mol. The smallest absolute Gasteiger partial charge is 0.0542 e. The number of nitrogens with zero attached hydrogens (tertiary/aromatic N) is 4. The summed E-state index contributed by atoms with van der Waals surface area (Å²) in [4.78, 5) is 5.11. The number of fused-ring (bicyclic) bond motifs is 8. The van der Waals surface area contributed by atoms with E-state index in [0.717, 1.165) is 100 Å². The van der Waals surface area contributed by atoms with Crippen molar-refractivity contribution in [2.45, 2.75) is 105 Å². The zero-order chi connectivity index (χ0) is 73.0. The lowest BCUT2D eigenvalue weighted by atomic mass is 9.80. The van der Waals surface area contributed by atoms with Gasteiger partial charge < -0.3 is 18.9 Å². The first-order chi connectivity index (χ1) is 51.1. The van der Waals surface area contributed by atoms with Gasteiger partial charge in [-0.3, -0.25) is 0 Å². The van der Waals surface area contributed by atoms with Crippen molar-refractivity contribution in [3.05, 3.63) is 350 Å². The van der Waals surface area contributed by atoms with Crippen LogP contribution in [0.15, 0.2) is 328 Å². The second kappa shape index (κ2) is 26.0. The Labute approximate surface area is 624 Å². The molecule has 0 atom stereocenters. The molecule has 17 aromatic rings. The molecule has 0 N–H and O–H groups in total. The highest BCUT2D eigenvalue weighted by Gasteiger charge is 2.30. The third kappa shape index (κ3) is 12.1. The molecule has 2 aromatic heterocycles. The summed E-state index contributed by atoms with van der Waals surface area (Å²) in [5, 5.41) is 9.42. The van der Waals surface area contributed by atoms with Gasteiger partial charge in [-0.2, -0.15) is 0 Å². The maximum atomic E-state index is 2.55. The van der Waals surface area contributed by atoms with Crippen LogP contribution in [0.1, 0.15) is 105 Å². The van der Waals surface area contributed by atoms with Crippen molar-refractivity contribution < 1.29 is 0 Å². The fraction of sp³-hybridized carbons (Fsp3) is 0.157. The Balaban J connectivity index is 0.999. The Hall–Kier alpha value is -12.0. The van der Waals surface area contributed by atoms with Crippen molar-refractivity contribution in [3.63, 3.8) is 0 Å². The van der Waals surface area contributed by atoms with Crippen LogP contribution in [0.2, 0.25) is 0 Å². The highest BCUT2D eigenvalue weighted by Crippen LogP contribution is 2.53. The molecule has 0 saturated heterocycles. The van der Waals surface area contributed by atoms with Crippen LogP contribution in [0, 0.1) is 0 Å². The maximum Gasteiger partial charge on any atom is 0.0542 e. The van der Waals surface area contributed by atoms with Gasteiger partial charge in [0.1, 0.15) is 0 Å². The normalized spacial score (nSPS) is 12.3. The average molecular weight is 1370 g/mol. The summed E-state index contributed by atoms with van der Waals surface area (Å²) in [5.74, 6) is 0. The fourth-order valence-electron chi connectivity index (χ4n) is 16.2. The van der Waals surface area contributed by atoms with E-state index in [0.29, 0.717) is 0 Å². The van der Waals surface area contributed by atoms with E-state index in [4.69, 9.17) is 0 Å². The number of hydrogen-bond donors (Lipinski definition) is 0. The summed E-state index contributed by atoms with van der Waals surface area (Å²) in [7, 11) is 0.